The molecule has 21 heavy (non-hydrogen) atoms. The minimum atomic E-state index is 0.0623. The van der Waals surface area contributed by atoms with Gasteiger partial charge in [-0.15, -0.1) is 0 Å². The number of Topliss-reactive ketones (excluding diaryl/α,β-unsaturated/α-hetero) is 1. The smallest absolute Gasteiger partial charge is 0.182 e. The summed E-state index contributed by atoms with van der Waals surface area (Å²) in [6, 6.07) is 13.0. The molecule has 0 aliphatic heterocycles. The molecule has 0 radical (unpaired) electrons. The van der Waals surface area contributed by atoms with Crippen LogP contribution in [0.25, 0.3) is 10.9 Å². The number of carbonyl (C=O) groups is 1. The van der Waals surface area contributed by atoms with Crippen LogP contribution in [0.5, 0.6) is 0 Å². The average molecular weight is 318 g/mol. The standard InChI is InChI=1S/C17H13Cl2NO/c1-11-3-2-4-12(7-11)17(21)10-20-6-5-14-15(19)8-13(18)9-16(14)20/h2-9H,10H2,1H3. The summed E-state index contributed by atoms with van der Waals surface area (Å²) in [5.74, 6) is 0.0623. The number of carbonyl (C=O) groups excluding carboxylic acids is 1. The molecule has 3 rings (SSSR count). The fraction of sp³-hybridized carbons (Fsp3) is 0.118. The van der Waals surface area contributed by atoms with Crippen LogP contribution in [-0.4, -0.2) is 10.4 Å². The van der Waals surface area contributed by atoms with Gasteiger partial charge in [0.05, 0.1) is 17.1 Å². The topological polar surface area (TPSA) is 22.0 Å². The maximum Gasteiger partial charge on any atom is 0.182 e. The SMILES string of the molecule is Cc1cccc(C(=O)Cn2ccc3c(Cl)cc(Cl)cc32)c1. The number of nitrogens with zero attached hydrogens (tertiary/aromatic N) is 1. The Hall–Kier alpha value is -1.77. The number of ketones is 1. The van der Waals surface area contributed by atoms with E-state index in [0.717, 1.165) is 16.5 Å². The van der Waals surface area contributed by atoms with E-state index in [0.29, 0.717) is 15.6 Å². The lowest BCUT2D eigenvalue weighted by atomic mass is 10.1. The van der Waals surface area contributed by atoms with E-state index in [1.54, 1.807) is 6.07 Å². The highest BCUT2D eigenvalue weighted by Crippen LogP contribution is 2.28. The Morgan fingerprint density at radius 1 is 1.14 bits per heavy atom. The minimum Gasteiger partial charge on any atom is -0.340 e. The largest absolute Gasteiger partial charge is 0.340 e. The zero-order valence-electron chi connectivity index (χ0n) is 11.4. The van der Waals surface area contributed by atoms with E-state index in [4.69, 9.17) is 23.2 Å². The summed E-state index contributed by atoms with van der Waals surface area (Å²) in [6.45, 7) is 2.24. The maximum absolute atomic E-state index is 12.4. The molecule has 106 valence electrons. The Balaban J connectivity index is 1.97. The summed E-state index contributed by atoms with van der Waals surface area (Å²) in [6.07, 6.45) is 1.86. The molecule has 1 aromatic heterocycles. The van der Waals surface area contributed by atoms with E-state index in [1.165, 1.54) is 0 Å². The van der Waals surface area contributed by atoms with Crippen molar-refractivity contribution in [3.8, 4) is 0 Å². The highest BCUT2D eigenvalue weighted by Gasteiger charge is 2.11. The molecule has 0 saturated carbocycles. The van der Waals surface area contributed by atoms with Gasteiger partial charge in [-0.25, -0.2) is 0 Å². The summed E-state index contributed by atoms with van der Waals surface area (Å²) in [5.41, 5.74) is 2.66. The molecule has 0 amide bonds. The van der Waals surface area contributed by atoms with Crippen LogP contribution in [0.4, 0.5) is 0 Å². The second-order valence-electron chi connectivity index (χ2n) is 5.06. The normalized spacial score (nSPS) is 11.0. The molecule has 0 fully saturated rings. The van der Waals surface area contributed by atoms with E-state index in [9.17, 15) is 4.79 Å². The first-order valence-corrected chi connectivity index (χ1v) is 7.34. The van der Waals surface area contributed by atoms with Crippen molar-refractivity contribution >= 4 is 39.9 Å². The van der Waals surface area contributed by atoms with Crippen molar-refractivity contribution in [3.05, 3.63) is 69.8 Å². The lowest BCUT2D eigenvalue weighted by molar-refractivity contribution is 0.0973. The lowest BCUT2D eigenvalue weighted by Crippen LogP contribution is -2.09. The Morgan fingerprint density at radius 2 is 1.95 bits per heavy atom. The van der Waals surface area contributed by atoms with Gasteiger partial charge >= 0.3 is 0 Å². The molecule has 0 N–H and O–H groups in total. The van der Waals surface area contributed by atoms with Crippen molar-refractivity contribution < 1.29 is 4.79 Å². The van der Waals surface area contributed by atoms with Crippen molar-refractivity contribution in [2.24, 2.45) is 0 Å². The second kappa shape index (κ2) is 5.55. The maximum atomic E-state index is 12.4. The fourth-order valence-corrected chi connectivity index (χ4v) is 2.97. The number of fused-ring (bicyclic) bond motifs is 1. The van der Waals surface area contributed by atoms with Crippen molar-refractivity contribution in [2.45, 2.75) is 13.5 Å². The number of halogens is 2. The molecule has 1 heterocycles. The molecule has 0 unspecified atom stereocenters. The van der Waals surface area contributed by atoms with Gasteiger partial charge < -0.3 is 4.57 Å². The van der Waals surface area contributed by atoms with E-state index < -0.39 is 0 Å². The zero-order chi connectivity index (χ0) is 15.0. The fourth-order valence-electron chi connectivity index (χ4n) is 2.42. The Bertz CT molecular complexity index is 836. The van der Waals surface area contributed by atoms with Gasteiger partial charge in [0.15, 0.2) is 5.78 Å². The van der Waals surface area contributed by atoms with Gasteiger partial charge in [0.25, 0.3) is 0 Å². The Kier molecular flexibility index (Phi) is 3.75. The van der Waals surface area contributed by atoms with Crippen molar-refractivity contribution in [3.63, 3.8) is 0 Å². The Morgan fingerprint density at radius 3 is 2.71 bits per heavy atom. The number of aromatic nitrogens is 1. The van der Waals surface area contributed by atoms with E-state index in [-0.39, 0.29) is 12.3 Å². The van der Waals surface area contributed by atoms with Gasteiger partial charge in [0, 0.05) is 22.2 Å². The Labute approximate surface area is 132 Å². The molecule has 0 spiro atoms. The van der Waals surface area contributed by atoms with E-state index in [1.807, 2.05) is 54.1 Å². The van der Waals surface area contributed by atoms with Gasteiger partial charge in [-0.1, -0.05) is 47.0 Å². The summed E-state index contributed by atoms with van der Waals surface area (Å²) in [5, 5.41) is 2.06. The molecule has 0 aliphatic rings. The zero-order valence-corrected chi connectivity index (χ0v) is 12.9. The van der Waals surface area contributed by atoms with Gasteiger partial charge in [0.1, 0.15) is 0 Å². The predicted molar refractivity (Wildman–Crippen MR) is 87.5 cm³/mol. The number of hydrogen-bond acceptors (Lipinski definition) is 1. The molecule has 2 nitrogen and oxygen atoms in total. The van der Waals surface area contributed by atoms with Crippen LogP contribution in [0.1, 0.15) is 15.9 Å². The first kappa shape index (κ1) is 14.2. The van der Waals surface area contributed by atoms with Gasteiger partial charge in [-0.2, -0.15) is 0 Å². The molecular weight excluding hydrogens is 305 g/mol. The number of benzene rings is 2. The third kappa shape index (κ3) is 2.82. The van der Waals surface area contributed by atoms with Crippen LogP contribution < -0.4 is 0 Å². The number of rotatable bonds is 3. The summed E-state index contributed by atoms with van der Waals surface area (Å²) in [7, 11) is 0. The molecule has 0 bridgehead atoms. The van der Waals surface area contributed by atoms with Crippen molar-refractivity contribution in [1.82, 2.24) is 4.57 Å². The van der Waals surface area contributed by atoms with Crippen LogP contribution in [0.2, 0.25) is 10.0 Å². The highest BCUT2D eigenvalue weighted by atomic mass is 35.5. The summed E-state index contributed by atoms with van der Waals surface area (Å²) >= 11 is 12.2. The first-order valence-electron chi connectivity index (χ1n) is 6.58. The quantitative estimate of drug-likeness (QED) is 0.613. The van der Waals surface area contributed by atoms with Crippen LogP contribution >= 0.6 is 23.2 Å². The predicted octanol–water partition coefficient (Wildman–Crippen LogP) is 5.14. The van der Waals surface area contributed by atoms with Crippen LogP contribution in [0.15, 0.2) is 48.7 Å². The van der Waals surface area contributed by atoms with E-state index >= 15 is 0 Å². The lowest BCUT2D eigenvalue weighted by Gasteiger charge is -2.06. The minimum absolute atomic E-state index is 0.0623. The molecule has 0 aliphatic carbocycles. The van der Waals surface area contributed by atoms with E-state index in [2.05, 4.69) is 0 Å². The molecular formula is C17H13Cl2NO. The van der Waals surface area contributed by atoms with Crippen LogP contribution in [-0.2, 0) is 6.54 Å². The first-order chi connectivity index (χ1) is 10.0. The van der Waals surface area contributed by atoms with Crippen molar-refractivity contribution in [2.75, 3.05) is 0 Å². The molecule has 4 heteroatoms. The molecule has 0 atom stereocenters. The molecule has 0 saturated heterocycles. The number of hydrogen-bond donors (Lipinski definition) is 0. The van der Waals surface area contributed by atoms with Gasteiger partial charge in [-0.3, -0.25) is 4.79 Å². The third-order valence-electron chi connectivity index (χ3n) is 3.46. The van der Waals surface area contributed by atoms with Gasteiger partial charge in [0.2, 0.25) is 0 Å². The second-order valence-corrected chi connectivity index (χ2v) is 5.90. The monoisotopic (exact) mass is 317 g/mol. The number of aryl methyl sites for hydroxylation is 1. The highest BCUT2D eigenvalue weighted by molar-refractivity contribution is 6.38. The van der Waals surface area contributed by atoms with Crippen molar-refractivity contribution in [1.29, 1.82) is 0 Å². The molecule has 3 aromatic rings. The van der Waals surface area contributed by atoms with Crippen LogP contribution in [0.3, 0.4) is 0 Å². The average Bonchev–Trinajstić information content (AvgIpc) is 2.82. The summed E-state index contributed by atoms with van der Waals surface area (Å²) < 4.78 is 1.87. The van der Waals surface area contributed by atoms with Gasteiger partial charge in [-0.05, 0) is 31.2 Å². The third-order valence-corrected chi connectivity index (χ3v) is 3.99. The van der Waals surface area contributed by atoms with Crippen LogP contribution in [0, 0.1) is 6.92 Å². The molecule has 2 aromatic carbocycles. The summed E-state index contributed by atoms with van der Waals surface area (Å²) in [4.78, 5) is 12.4.